The third-order valence-electron chi connectivity index (χ3n) is 3.03. The van der Waals surface area contributed by atoms with E-state index in [1.807, 2.05) is 0 Å². The monoisotopic (exact) mass is 273 g/mol. The van der Waals surface area contributed by atoms with Gasteiger partial charge in [0.1, 0.15) is 0 Å². The van der Waals surface area contributed by atoms with Crippen molar-refractivity contribution < 1.29 is 13.2 Å². The summed E-state index contributed by atoms with van der Waals surface area (Å²) in [7, 11) is 0. The molecule has 0 aliphatic heterocycles. The third kappa shape index (κ3) is 6.10. The van der Waals surface area contributed by atoms with E-state index >= 15 is 0 Å². The zero-order valence-corrected chi connectivity index (χ0v) is 11.7. The topological polar surface area (TPSA) is 12.0 Å². The molecule has 0 aliphatic carbocycles. The van der Waals surface area contributed by atoms with Gasteiger partial charge in [0.05, 0.1) is 5.56 Å². The predicted octanol–water partition coefficient (Wildman–Crippen LogP) is 4.27. The standard InChI is InChI=1S/C15H22F3N/c1-11(2)19-8-7-12(3)9-13-5-4-6-14(10-13)15(16,17)18/h4-6,10-12,19H,7-9H2,1-3H3. The number of alkyl halides is 3. The first-order valence-electron chi connectivity index (χ1n) is 6.68. The van der Waals surface area contributed by atoms with Crippen LogP contribution in [0.25, 0.3) is 0 Å². The van der Waals surface area contributed by atoms with Crippen LogP contribution in [-0.2, 0) is 12.6 Å². The van der Waals surface area contributed by atoms with Crippen molar-refractivity contribution in [2.24, 2.45) is 5.92 Å². The Morgan fingerprint density at radius 3 is 2.42 bits per heavy atom. The first kappa shape index (κ1) is 16.0. The van der Waals surface area contributed by atoms with Crippen LogP contribution in [0.3, 0.4) is 0 Å². The Morgan fingerprint density at radius 1 is 1.16 bits per heavy atom. The maximum Gasteiger partial charge on any atom is 0.416 e. The van der Waals surface area contributed by atoms with Gasteiger partial charge in [0.15, 0.2) is 0 Å². The molecule has 108 valence electrons. The number of halogens is 3. The minimum absolute atomic E-state index is 0.370. The first-order valence-corrected chi connectivity index (χ1v) is 6.68. The maximum absolute atomic E-state index is 12.6. The van der Waals surface area contributed by atoms with Crippen LogP contribution in [0.1, 0.15) is 38.3 Å². The predicted molar refractivity (Wildman–Crippen MR) is 72.1 cm³/mol. The highest BCUT2D eigenvalue weighted by Crippen LogP contribution is 2.30. The van der Waals surface area contributed by atoms with E-state index in [2.05, 4.69) is 26.1 Å². The lowest BCUT2D eigenvalue weighted by Gasteiger charge is -2.15. The summed E-state index contributed by atoms with van der Waals surface area (Å²) in [6, 6.07) is 6.07. The van der Waals surface area contributed by atoms with Crippen LogP contribution >= 0.6 is 0 Å². The van der Waals surface area contributed by atoms with Crippen molar-refractivity contribution in [3.05, 3.63) is 35.4 Å². The normalized spacial score (nSPS) is 13.8. The van der Waals surface area contributed by atoms with Gasteiger partial charge in [-0.15, -0.1) is 0 Å². The lowest BCUT2D eigenvalue weighted by Crippen LogP contribution is -2.25. The zero-order chi connectivity index (χ0) is 14.5. The zero-order valence-electron chi connectivity index (χ0n) is 11.7. The first-order chi connectivity index (χ1) is 8.79. The number of rotatable bonds is 6. The van der Waals surface area contributed by atoms with E-state index in [9.17, 15) is 13.2 Å². The fourth-order valence-corrected chi connectivity index (χ4v) is 2.00. The molecule has 4 heteroatoms. The summed E-state index contributed by atoms with van der Waals surface area (Å²) in [5.41, 5.74) is 0.198. The molecule has 1 aromatic carbocycles. The van der Waals surface area contributed by atoms with E-state index in [0.29, 0.717) is 18.4 Å². The average Bonchev–Trinajstić information content (AvgIpc) is 2.27. The molecule has 0 radical (unpaired) electrons. The Morgan fingerprint density at radius 2 is 1.84 bits per heavy atom. The summed E-state index contributed by atoms with van der Waals surface area (Å²) in [5.74, 6) is 0.370. The van der Waals surface area contributed by atoms with Gasteiger partial charge in [0.2, 0.25) is 0 Å². The number of benzene rings is 1. The molecule has 1 rings (SSSR count). The van der Waals surface area contributed by atoms with Crippen molar-refractivity contribution in [2.75, 3.05) is 6.54 Å². The lowest BCUT2D eigenvalue weighted by molar-refractivity contribution is -0.137. The molecule has 19 heavy (non-hydrogen) atoms. The van der Waals surface area contributed by atoms with Crippen LogP contribution in [-0.4, -0.2) is 12.6 Å². The molecule has 1 N–H and O–H groups in total. The molecule has 1 nitrogen and oxygen atoms in total. The molecular formula is C15H22F3N. The van der Waals surface area contributed by atoms with Crippen molar-refractivity contribution in [2.45, 2.75) is 45.8 Å². The molecule has 0 saturated carbocycles. The van der Waals surface area contributed by atoms with E-state index in [1.54, 1.807) is 6.07 Å². The molecular weight excluding hydrogens is 251 g/mol. The Balaban J connectivity index is 2.52. The summed E-state index contributed by atoms with van der Waals surface area (Å²) in [5, 5.41) is 3.32. The fraction of sp³-hybridized carbons (Fsp3) is 0.600. The van der Waals surface area contributed by atoms with Crippen LogP contribution in [0.4, 0.5) is 13.2 Å². The highest BCUT2D eigenvalue weighted by Gasteiger charge is 2.30. The second-order valence-electron chi connectivity index (χ2n) is 5.40. The van der Waals surface area contributed by atoms with Crippen LogP contribution in [0.15, 0.2) is 24.3 Å². The summed E-state index contributed by atoms with van der Waals surface area (Å²) in [6.45, 7) is 7.13. The Hall–Kier alpha value is -1.03. The second kappa shape index (κ2) is 6.94. The lowest BCUT2D eigenvalue weighted by atomic mass is 9.96. The Bertz CT molecular complexity index is 385. The minimum atomic E-state index is -4.25. The quantitative estimate of drug-likeness (QED) is 0.816. The van der Waals surface area contributed by atoms with Gasteiger partial charge < -0.3 is 5.32 Å². The third-order valence-corrected chi connectivity index (χ3v) is 3.03. The van der Waals surface area contributed by atoms with Crippen LogP contribution in [0.2, 0.25) is 0 Å². The number of hydrogen-bond acceptors (Lipinski definition) is 1. The van der Waals surface area contributed by atoms with Crippen LogP contribution in [0, 0.1) is 5.92 Å². The molecule has 0 aliphatic rings. The molecule has 1 unspecified atom stereocenters. The molecule has 0 aromatic heterocycles. The van der Waals surface area contributed by atoms with Gasteiger partial charge in [-0.3, -0.25) is 0 Å². The molecule has 0 amide bonds. The number of nitrogens with one attached hydrogen (secondary N) is 1. The average molecular weight is 273 g/mol. The highest BCUT2D eigenvalue weighted by molar-refractivity contribution is 5.25. The van der Waals surface area contributed by atoms with Crippen molar-refractivity contribution in [1.82, 2.24) is 5.32 Å². The summed E-state index contributed by atoms with van der Waals surface area (Å²) in [4.78, 5) is 0. The Kier molecular flexibility index (Phi) is 5.85. The Labute approximate surface area is 113 Å². The van der Waals surface area contributed by atoms with Gasteiger partial charge in [-0.05, 0) is 36.9 Å². The van der Waals surface area contributed by atoms with E-state index < -0.39 is 11.7 Å². The largest absolute Gasteiger partial charge is 0.416 e. The fourth-order valence-electron chi connectivity index (χ4n) is 2.00. The smallest absolute Gasteiger partial charge is 0.315 e. The molecule has 0 spiro atoms. The summed E-state index contributed by atoms with van der Waals surface area (Å²) >= 11 is 0. The number of hydrogen-bond donors (Lipinski definition) is 1. The molecule has 1 aromatic rings. The van der Waals surface area contributed by atoms with Gasteiger partial charge in [-0.1, -0.05) is 39.0 Å². The van der Waals surface area contributed by atoms with Crippen LogP contribution in [0.5, 0.6) is 0 Å². The van der Waals surface area contributed by atoms with Gasteiger partial charge in [0, 0.05) is 6.04 Å². The molecule has 0 saturated heterocycles. The second-order valence-corrected chi connectivity index (χ2v) is 5.40. The summed E-state index contributed by atoms with van der Waals surface area (Å²) in [6.07, 6.45) is -2.60. The van der Waals surface area contributed by atoms with E-state index in [1.165, 1.54) is 12.1 Å². The summed E-state index contributed by atoms with van der Waals surface area (Å²) < 4.78 is 37.8. The molecule has 1 atom stereocenters. The van der Waals surface area contributed by atoms with Crippen LogP contribution < -0.4 is 5.32 Å². The van der Waals surface area contributed by atoms with Crippen molar-refractivity contribution in [1.29, 1.82) is 0 Å². The van der Waals surface area contributed by atoms with Gasteiger partial charge in [-0.25, -0.2) is 0 Å². The van der Waals surface area contributed by atoms with Crippen molar-refractivity contribution in [3.63, 3.8) is 0 Å². The SMILES string of the molecule is CC(CCNC(C)C)Cc1cccc(C(F)(F)F)c1. The molecule has 0 heterocycles. The van der Waals surface area contributed by atoms with Gasteiger partial charge >= 0.3 is 6.18 Å². The highest BCUT2D eigenvalue weighted by atomic mass is 19.4. The minimum Gasteiger partial charge on any atom is -0.315 e. The molecule has 0 fully saturated rings. The molecule has 0 bridgehead atoms. The van der Waals surface area contributed by atoms with Crippen molar-refractivity contribution in [3.8, 4) is 0 Å². The van der Waals surface area contributed by atoms with Gasteiger partial charge in [0.25, 0.3) is 0 Å². The van der Waals surface area contributed by atoms with E-state index in [-0.39, 0.29) is 0 Å². The van der Waals surface area contributed by atoms with Gasteiger partial charge in [-0.2, -0.15) is 13.2 Å². The maximum atomic E-state index is 12.6. The van der Waals surface area contributed by atoms with Crippen molar-refractivity contribution >= 4 is 0 Å². The van der Waals surface area contributed by atoms with E-state index in [4.69, 9.17) is 0 Å². The van der Waals surface area contributed by atoms with E-state index in [0.717, 1.165) is 24.6 Å².